The first kappa shape index (κ1) is 11.5. The van der Waals surface area contributed by atoms with E-state index in [1.807, 2.05) is 31.2 Å². The highest BCUT2D eigenvalue weighted by Gasteiger charge is 2.07. The number of nitrogens with zero attached hydrogens (tertiary/aromatic N) is 1. The summed E-state index contributed by atoms with van der Waals surface area (Å²) in [5.41, 5.74) is 3.22. The van der Waals surface area contributed by atoms with Crippen LogP contribution in [0.3, 0.4) is 0 Å². The van der Waals surface area contributed by atoms with Crippen molar-refractivity contribution >= 4 is 10.9 Å². The molecule has 0 atom stereocenters. The number of phenols is 2. The largest absolute Gasteiger partial charge is 0.508 e. The SMILES string of the molecule is Cc1ccc2nc(-c3cc(O)ccc3O)ccc2c1. The van der Waals surface area contributed by atoms with Gasteiger partial charge in [-0.3, -0.25) is 0 Å². The van der Waals surface area contributed by atoms with Crippen LogP contribution in [0.5, 0.6) is 11.5 Å². The molecule has 0 bridgehead atoms. The summed E-state index contributed by atoms with van der Waals surface area (Å²) in [6, 6.07) is 14.3. The lowest BCUT2D eigenvalue weighted by molar-refractivity contribution is 0.461. The van der Waals surface area contributed by atoms with Crippen molar-refractivity contribution in [2.75, 3.05) is 0 Å². The lowest BCUT2D eigenvalue weighted by atomic mass is 10.1. The summed E-state index contributed by atoms with van der Waals surface area (Å²) < 4.78 is 0. The Morgan fingerprint density at radius 3 is 2.58 bits per heavy atom. The van der Waals surface area contributed by atoms with Crippen molar-refractivity contribution in [3.63, 3.8) is 0 Å². The Balaban J connectivity index is 2.20. The Bertz CT molecular complexity index is 766. The number of benzene rings is 2. The first-order valence-electron chi connectivity index (χ1n) is 6.03. The van der Waals surface area contributed by atoms with Gasteiger partial charge in [-0.1, -0.05) is 17.7 Å². The van der Waals surface area contributed by atoms with Crippen molar-refractivity contribution in [3.8, 4) is 22.8 Å². The highest BCUT2D eigenvalue weighted by atomic mass is 16.3. The van der Waals surface area contributed by atoms with E-state index in [1.165, 1.54) is 23.8 Å². The van der Waals surface area contributed by atoms with Crippen LogP contribution in [0.15, 0.2) is 48.5 Å². The number of aromatic nitrogens is 1. The van der Waals surface area contributed by atoms with E-state index in [1.54, 1.807) is 0 Å². The first-order chi connectivity index (χ1) is 9.13. The monoisotopic (exact) mass is 251 g/mol. The molecule has 3 rings (SSSR count). The van der Waals surface area contributed by atoms with Crippen LogP contribution in [0, 0.1) is 6.92 Å². The molecule has 0 aliphatic rings. The number of fused-ring (bicyclic) bond motifs is 1. The Morgan fingerprint density at radius 1 is 0.895 bits per heavy atom. The fourth-order valence-corrected chi connectivity index (χ4v) is 2.12. The zero-order valence-corrected chi connectivity index (χ0v) is 10.5. The Morgan fingerprint density at radius 2 is 1.74 bits per heavy atom. The molecule has 2 N–H and O–H groups in total. The molecule has 19 heavy (non-hydrogen) atoms. The van der Waals surface area contributed by atoms with Crippen LogP contribution in [0.2, 0.25) is 0 Å². The van der Waals surface area contributed by atoms with Gasteiger partial charge in [0.25, 0.3) is 0 Å². The predicted octanol–water partition coefficient (Wildman–Crippen LogP) is 3.62. The van der Waals surface area contributed by atoms with Crippen molar-refractivity contribution in [2.24, 2.45) is 0 Å². The van der Waals surface area contributed by atoms with E-state index in [0.717, 1.165) is 10.9 Å². The van der Waals surface area contributed by atoms with Gasteiger partial charge in [0.1, 0.15) is 11.5 Å². The van der Waals surface area contributed by atoms with Crippen LogP contribution in [0.25, 0.3) is 22.2 Å². The van der Waals surface area contributed by atoms with Crippen LogP contribution < -0.4 is 0 Å². The number of rotatable bonds is 1. The number of hydrogen-bond donors (Lipinski definition) is 2. The maximum Gasteiger partial charge on any atom is 0.125 e. The van der Waals surface area contributed by atoms with Crippen LogP contribution in [0.1, 0.15) is 5.56 Å². The second kappa shape index (κ2) is 4.28. The number of hydrogen-bond acceptors (Lipinski definition) is 3. The van der Waals surface area contributed by atoms with Crippen molar-refractivity contribution in [1.29, 1.82) is 0 Å². The second-order valence-corrected chi connectivity index (χ2v) is 4.59. The minimum Gasteiger partial charge on any atom is -0.508 e. The van der Waals surface area contributed by atoms with Crippen LogP contribution in [0.4, 0.5) is 0 Å². The molecule has 0 amide bonds. The van der Waals surface area contributed by atoms with Crippen LogP contribution in [-0.2, 0) is 0 Å². The average molecular weight is 251 g/mol. The number of phenolic OH excluding ortho intramolecular Hbond substituents is 2. The third kappa shape index (κ3) is 2.10. The van der Waals surface area contributed by atoms with E-state index >= 15 is 0 Å². The Kier molecular flexibility index (Phi) is 2.60. The highest BCUT2D eigenvalue weighted by molar-refractivity contribution is 5.83. The minimum absolute atomic E-state index is 0.108. The summed E-state index contributed by atoms with van der Waals surface area (Å²) in [6.07, 6.45) is 0. The molecule has 0 saturated heterocycles. The number of aromatic hydroxyl groups is 2. The molecular formula is C16H13NO2. The van der Waals surface area contributed by atoms with E-state index in [-0.39, 0.29) is 11.5 Å². The van der Waals surface area contributed by atoms with Crippen molar-refractivity contribution in [3.05, 3.63) is 54.1 Å². The standard InChI is InChI=1S/C16H13NO2/c1-10-2-5-14-11(8-10)3-6-15(17-14)13-9-12(18)4-7-16(13)19/h2-9,18-19H,1H3. The highest BCUT2D eigenvalue weighted by Crippen LogP contribution is 2.32. The molecule has 0 aliphatic carbocycles. The van der Waals surface area contributed by atoms with Gasteiger partial charge in [-0.05, 0) is 43.3 Å². The van der Waals surface area contributed by atoms with Gasteiger partial charge >= 0.3 is 0 Å². The molecule has 0 saturated carbocycles. The van der Waals surface area contributed by atoms with E-state index in [2.05, 4.69) is 11.1 Å². The minimum atomic E-state index is 0.108. The first-order valence-corrected chi connectivity index (χ1v) is 6.03. The molecule has 3 heteroatoms. The van der Waals surface area contributed by atoms with Crippen molar-refractivity contribution in [1.82, 2.24) is 4.98 Å². The van der Waals surface area contributed by atoms with Gasteiger partial charge in [-0.2, -0.15) is 0 Å². The topological polar surface area (TPSA) is 53.4 Å². The Labute approximate surface area is 110 Å². The second-order valence-electron chi connectivity index (χ2n) is 4.59. The number of pyridine rings is 1. The lowest BCUT2D eigenvalue weighted by Crippen LogP contribution is -1.86. The molecular weight excluding hydrogens is 238 g/mol. The summed E-state index contributed by atoms with van der Waals surface area (Å²) in [5.74, 6) is 0.218. The maximum atomic E-state index is 9.85. The molecule has 3 nitrogen and oxygen atoms in total. The van der Waals surface area contributed by atoms with Crippen molar-refractivity contribution < 1.29 is 10.2 Å². The van der Waals surface area contributed by atoms with Crippen LogP contribution in [-0.4, -0.2) is 15.2 Å². The van der Waals surface area contributed by atoms with Crippen LogP contribution >= 0.6 is 0 Å². The van der Waals surface area contributed by atoms with Gasteiger partial charge < -0.3 is 10.2 Å². The summed E-state index contributed by atoms with van der Waals surface area (Å²) in [6.45, 7) is 2.04. The van der Waals surface area contributed by atoms with E-state index in [0.29, 0.717) is 11.3 Å². The summed E-state index contributed by atoms with van der Waals surface area (Å²) in [7, 11) is 0. The Hall–Kier alpha value is -2.55. The lowest BCUT2D eigenvalue weighted by Gasteiger charge is -2.06. The maximum absolute atomic E-state index is 9.85. The van der Waals surface area contributed by atoms with Gasteiger partial charge in [0.15, 0.2) is 0 Å². The van der Waals surface area contributed by atoms with Crippen molar-refractivity contribution in [2.45, 2.75) is 6.92 Å². The van der Waals surface area contributed by atoms with E-state index in [9.17, 15) is 10.2 Å². The molecule has 0 radical (unpaired) electrons. The molecule has 0 spiro atoms. The molecule has 0 unspecified atom stereocenters. The van der Waals surface area contributed by atoms with Gasteiger partial charge in [0.05, 0.1) is 11.2 Å². The van der Waals surface area contributed by atoms with Gasteiger partial charge in [0, 0.05) is 10.9 Å². The zero-order valence-electron chi connectivity index (χ0n) is 10.5. The molecule has 2 aromatic carbocycles. The van der Waals surface area contributed by atoms with E-state index < -0.39 is 0 Å². The fourth-order valence-electron chi connectivity index (χ4n) is 2.12. The smallest absolute Gasteiger partial charge is 0.125 e. The number of aryl methyl sites for hydroxylation is 1. The molecule has 1 heterocycles. The molecule has 94 valence electrons. The molecule has 1 aromatic heterocycles. The molecule has 0 aliphatic heterocycles. The predicted molar refractivity (Wildman–Crippen MR) is 75.2 cm³/mol. The summed E-state index contributed by atoms with van der Waals surface area (Å²) in [4.78, 5) is 4.52. The quantitative estimate of drug-likeness (QED) is 0.649. The summed E-state index contributed by atoms with van der Waals surface area (Å²) >= 11 is 0. The molecule has 3 aromatic rings. The average Bonchev–Trinajstić information content (AvgIpc) is 2.41. The molecule has 0 fully saturated rings. The third-order valence-electron chi connectivity index (χ3n) is 3.10. The van der Waals surface area contributed by atoms with E-state index in [4.69, 9.17) is 0 Å². The zero-order chi connectivity index (χ0) is 13.4. The normalized spacial score (nSPS) is 10.8. The van der Waals surface area contributed by atoms with Gasteiger partial charge in [-0.15, -0.1) is 0 Å². The third-order valence-corrected chi connectivity index (χ3v) is 3.10. The summed E-state index contributed by atoms with van der Waals surface area (Å²) in [5, 5.41) is 20.4. The fraction of sp³-hybridized carbons (Fsp3) is 0.0625. The van der Waals surface area contributed by atoms with Gasteiger partial charge in [-0.25, -0.2) is 4.98 Å². The van der Waals surface area contributed by atoms with Gasteiger partial charge in [0.2, 0.25) is 0 Å².